The molecule has 1 amide bonds. The lowest BCUT2D eigenvalue weighted by molar-refractivity contribution is -0.123. The zero-order valence-electron chi connectivity index (χ0n) is 24.0. The molecule has 6 rings (SSSR count). The average molecular weight is 594 g/mol. The lowest BCUT2D eigenvalue weighted by Gasteiger charge is -2.26. The molecular weight excluding hydrogens is 565 g/mol. The molecule has 3 N–H and O–H groups in total. The Labute approximate surface area is 251 Å². The molecule has 0 unspecified atom stereocenters. The Bertz CT molecular complexity index is 1900. The smallest absolute Gasteiger partial charge is 0.237 e. The summed E-state index contributed by atoms with van der Waals surface area (Å²) < 4.78 is 25.5. The number of nitrogens with zero attached hydrogens (tertiary/aromatic N) is 4. The first-order chi connectivity index (χ1) is 21.0. The molecule has 0 saturated heterocycles. The minimum atomic E-state index is -1.60. The van der Waals surface area contributed by atoms with Crippen LogP contribution in [0.1, 0.15) is 48.3 Å². The number of fused-ring (bicyclic) bond motifs is 2. The zero-order valence-corrected chi connectivity index (χ0v) is 24.0. The van der Waals surface area contributed by atoms with Crippen molar-refractivity contribution in [2.24, 2.45) is 5.73 Å². The lowest BCUT2D eigenvalue weighted by atomic mass is 9.81. The molecule has 4 heterocycles. The van der Waals surface area contributed by atoms with Gasteiger partial charge < -0.3 is 20.3 Å². The number of amides is 1. The minimum Gasteiger partial charge on any atom is -0.489 e. The topological polar surface area (TPSA) is 150 Å². The molecule has 1 aliphatic rings. The zero-order chi connectivity index (χ0) is 31.1. The normalized spacial score (nSPS) is 17.0. The van der Waals surface area contributed by atoms with Crippen molar-refractivity contribution >= 4 is 22.6 Å². The number of rotatable bonds is 9. The highest BCUT2D eigenvalue weighted by atomic mass is 19.1. The molecule has 0 radical (unpaired) electrons. The van der Waals surface area contributed by atoms with Gasteiger partial charge in [0, 0.05) is 47.1 Å². The van der Waals surface area contributed by atoms with E-state index in [9.17, 15) is 19.1 Å². The number of hydrogen-bond acceptors (Lipinski definition) is 9. The van der Waals surface area contributed by atoms with Crippen LogP contribution in [0.5, 0.6) is 17.4 Å². The van der Waals surface area contributed by atoms with E-state index in [1.54, 1.807) is 56.4 Å². The summed E-state index contributed by atoms with van der Waals surface area (Å²) in [5, 5.41) is 12.4. The Morgan fingerprint density at radius 2 is 1.91 bits per heavy atom. The third-order valence-corrected chi connectivity index (χ3v) is 7.87. The third-order valence-electron chi connectivity index (χ3n) is 7.87. The number of aromatic nitrogens is 4. The number of hydrogen-bond donors (Lipinski definition) is 2. The van der Waals surface area contributed by atoms with Crippen molar-refractivity contribution in [3.8, 4) is 28.6 Å². The van der Waals surface area contributed by atoms with Crippen molar-refractivity contribution in [1.29, 1.82) is 0 Å². The third kappa shape index (κ3) is 5.33. The molecule has 2 aromatic carbocycles. The number of halogens is 1. The number of carbonyl (C=O) groups excluding carboxylic acids is 2. The van der Waals surface area contributed by atoms with E-state index in [-0.39, 0.29) is 36.8 Å². The SMILES string of the molecule is C[C@](O)(CCC(=O)c1cc(Oc2cnccn2)c2ncccc2c1)c1cc2c(c(-c3ccc(F)cc3)n1)OC[C@]2(C)C(N)=O. The molecule has 3 aromatic heterocycles. The Morgan fingerprint density at radius 1 is 1.11 bits per heavy atom. The molecule has 2 atom stereocenters. The second kappa shape index (κ2) is 11.1. The quantitative estimate of drug-likeness (QED) is 0.224. The second-order valence-corrected chi connectivity index (χ2v) is 11.1. The maximum atomic E-state index is 13.7. The largest absolute Gasteiger partial charge is 0.489 e. The standard InChI is InChI=1S/C33H28FN5O5/c1-32(31(35)41)18-43-30-23(32)16-26(39-29(30)19-5-7-22(34)8-6-19)33(2,42)10-9-24(40)21-14-20-4-3-11-38-28(20)25(15-21)44-27-17-36-12-13-37-27/h3-8,11-17,42H,9-10,18H2,1-2H3,(H2,35,41)/t32-,33-/m0/s1. The van der Waals surface area contributed by atoms with Crippen LogP contribution in [0.2, 0.25) is 0 Å². The van der Waals surface area contributed by atoms with Crippen molar-refractivity contribution in [3.05, 3.63) is 102 Å². The number of benzene rings is 2. The lowest BCUT2D eigenvalue weighted by Crippen LogP contribution is -2.40. The van der Waals surface area contributed by atoms with E-state index in [4.69, 9.17) is 20.2 Å². The highest BCUT2D eigenvalue weighted by molar-refractivity contribution is 6.01. The van der Waals surface area contributed by atoms with E-state index < -0.39 is 22.7 Å². The number of primary amides is 1. The molecule has 0 aliphatic carbocycles. The van der Waals surface area contributed by atoms with Gasteiger partial charge in [-0.2, -0.15) is 0 Å². The molecule has 0 fully saturated rings. The first kappa shape index (κ1) is 28.8. The van der Waals surface area contributed by atoms with E-state index in [1.807, 2.05) is 6.07 Å². The van der Waals surface area contributed by atoms with Crippen LogP contribution < -0.4 is 15.2 Å². The van der Waals surface area contributed by atoms with Gasteiger partial charge in [-0.25, -0.2) is 14.4 Å². The van der Waals surface area contributed by atoms with Gasteiger partial charge in [0.05, 0.1) is 11.9 Å². The number of pyridine rings is 2. The summed E-state index contributed by atoms with van der Waals surface area (Å²) in [5.74, 6) is -0.338. The number of carbonyl (C=O) groups is 2. The number of Topliss-reactive ketones (excluding diaryl/α,β-unsaturated/α-hetero) is 1. The minimum absolute atomic E-state index is 0.0000484. The number of nitrogens with two attached hydrogens (primary N) is 1. The molecule has 0 saturated carbocycles. The van der Waals surface area contributed by atoms with Gasteiger partial charge in [-0.1, -0.05) is 6.07 Å². The summed E-state index contributed by atoms with van der Waals surface area (Å²) in [7, 11) is 0. The van der Waals surface area contributed by atoms with E-state index in [0.717, 1.165) is 0 Å². The van der Waals surface area contributed by atoms with Crippen molar-refractivity contribution in [2.45, 2.75) is 37.7 Å². The first-order valence-electron chi connectivity index (χ1n) is 13.9. The van der Waals surface area contributed by atoms with Crippen LogP contribution in [-0.4, -0.2) is 43.3 Å². The predicted octanol–water partition coefficient (Wildman–Crippen LogP) is 5.02. The van der Waals surface area contributed by atoms with Crippen LogP contribution in [0.4, 0.5) is 4.39 Å². The van der Waals surface area contributed by atoms with Gasteiger partial charge in [-0.05, 0) is 68.8 Å². The van der Waals surface area contributed by atoms with Gasteiger partial charge in [-0.3, -0.25) is 19.6 Å². The van der Waals surface area contributed by atoms with Crippen LogP contribution in [-0.2, 0) is 15.8 Å². The molecule has 11 heteroatoms. The molecular formula is C33H28FN5O5. The Hall–Kier alpha value is -5.29. The average Bonchev–Trinajstić information content (AvgIpc) is 3.38. The summed E-state index contributed by atoms with van der Waals surface area (Å²) >= 11 is 0. The van der Waals surface area contributed by atoms with E-state index in [0.29, 0.717) is 44.8 Å². The van der Waals surface area contributed by atoms with Crippen molar-refractivity contribution in [2.75, 3.05) is 6.61 Å². The van der Waals surface area contributed by atoms with Crippen LogP contribution in [0, 0.1) is 5.82 Å². The van der Waals surface area contributed by atoms with Gasteiger partial charge in [0.15, 0.2) is 11.5 Å². The van der Waals surface area contributed by atoms with Crippen molar-refractivity contribution < 1.29 is 28.6 Å². The Kier molecular flexibility index (Phi) is 7.26. The monoisotopic (exact) mass is 593 g/mol. The maximum absolute atomic E-state index is 13.7. The van der Waals surface area contributed by atoms with Crippen molar-refractivity contribution in [1.82, 2.24) is 19.9 Å². The Balaban J connectivity index is 1.32. The van der Waals surface area contributed by atoms with Crippen molar-refractivity contribution in [3.63, 3.8) is 0 Å². The second-order valence-electron chi connectivity index (χ2n) is 11.1. The van der Waals surface area contributed by atoms with E-state index in [2.05, 4.69) is 15.0 Å². The Morgan fingerprint density at radius 3 is 2.64 bits per heavy atom. The van der Waals surface area contributed by atoms with Crippen LogP contribution in [0.3, 0.4) is 0 Å². The summed E-state index contributed by atoms with van der Waals surface area (Å²) in [4.78, 5) is 43.3. The molecule has 10 nitrogen and oxygen atoms in total. The first-order valence-corrected chi connectivity index (χ1v) is 13.9. The summed E-state index contributed by atoms with van der Waals surface area (Å²) in [5.41, 5.74) is 5.46. The molecule has 5 aromatic rings. The molecule has 0 spiro atoms. The van der Waals surface area contributed by atoms with Gasteiger partial charge in [0.2, 0.25) is 11.8 Å². The van der Waals surface area contributed by atoms with E-state index >= 15 is 0 Å². The number of ketones is 1. The predicted molar refractivity (Wildman–Crippen MR) is 159 cm³/mol. The van der Waals surface area contributed by atoms with E-state index in [1.165, 1.54) is 30.7 Å². The number of aliphatic hydroxyl groups is 1. The van der Waals surface area contributed by atoms with Crippen LogP contribution >= 0.6 is 0 Å². The highest BCUT2D eigenvalue weighted by Gasteiger charge is 2.45. The maximum Gasteiger partial charge on any atom is 0.237 e. The molecule has 0 bridgehead atoms. The van der Waals surface area contributed by atoms with Gasteiger partial charge in [0.25, 0.3) is 0 Å². The highest BCUT2D eigenvalue weighted by Crippen LogP contribution is 2.46. The fourth-order valence-electron chi connectivity index (χ4n) is 5.14. The fourth-order valence-corrected chi connectivity index (χ4v) is 5.14. The molecule has 44 heavy (non-hydrogen) atoms. The fraction of sp³-hybridized carbons (Fsp3) is 0.212. The van der Waals surface area contributed by atoms with Crippen LogP contribution in [0.15, 0.2) is 79.4 Å². The summed E-state index contributed by atoms with van der Waals surface area (Å²) in [6.07, 6.45) is 6.06. The van der Waals surface area contributed by atoms with Crippen LogP contribution in [0.25, 0.3) is 22.2 Å². The molecule has 222 valence electrons. The number of ether oxygens (including phenoxy) is 2. The summed E-state index contributed by atoms with van der Waals surface area (Å²) in [6.45, 7) is 3.20. The van der Waals surface area contributed by atoms with Gasteiger partial charge in [0.1, 0.15) is 40.4 Å². The molecule has 1 aliphatic heterocycles. The van der Waals surface area contributed by atoms with Gasteiger partial charge in [-0.15, -0.1) is 0 Å². The van der Waals surface area contributed by atoms with Gasteiger partial charge >= 0.3 is 0 Å². The summed E-state index contributed by atoms with van der Waals surface area (Å²) in [6, 6.07) is 14.1.